The van der Waals surface area contributed by atoms with E-state index in [2.05, 4.69) is 63.8 Å². The van der Waals surface area contributed by atoms with E-state index in [0.717, 1.165) is 0 Å². The minimum atomic E-state index is -4.75. The maximum absolute atomic E-state index is 14.8. The van der Waals surface area contributed by atoms with E-state index in [-0.39, 0.29) is 518 Å². The van der Waals surface area contributed by atoms with Gasteiger partial charge in [0.2, 0.25) is 0 Å². The molecule has 24 N–H and O–H groups in total. The third-order valence-electron chi connectivity index (χ3n) is 25.0. The average Bonchev–Trinajstić information content (AvgIpc) is 0.783. The van der Waals surface area contributed by atoms with Crippen molar-refractivity contribution in [2.24, 2.45) is 0 Å². The van der Waals surface area contributed by atoms with Gasteiger partial charge < -0.3 is 0 Å². The van der Waals surface area contributed by atoms with Crippen LogP contribution in [-0.4, -0.2) is 530 Å². The summed E-state index contributed by atoms with van der Waals surface area (Å²) in [5, 5.41) is 151. The molecule has 48 nitrogen and oxygen atoms in total. The number of ether oxygens (including phenoxy) is 12. The number of rotatable bonds is 108. The van der Waals surface area contributed by atoms with Crippen LogP contribution in [0.2, 0.25) is 95.2 Å². The van der Waals surface area contributed by atoms with Gasteiger partial charge in [0, 0.05) is 0 Å². The third-order valence-corrected chi connectivity index (χ3v) is 95.8. The molecular weight excluding hydrogens is 2350 g/mol. The molecular formula is C92H184N12O36SiSn4. The minimum absolute atomic E-state index is 0.0118. The van der Waals surface area contributed by atoms with Gasteiger partial charge in [-0.3, -0.25) is 0 Å². The van der Waals surface area contributed by atoms with Gasteiger partial charge in [0.05, 0.1) is 0 Å². The zero-order valence-corrected chi connectivity index (χ0v) is 98.6. The van der Waals surface area contributed by atoms with E-state index in [9.17, 15) is 119 Å². The summed E-state index contributed by atoms with van der Waals surface area (Å²) in [7, 11) is -3.76. The molecule has 0 radical (unpaired) electrons. The number of aliphatic hydroxyl groups excluding tert-OH is 12. The van der Waals surface area contributed by atoms with Crippen molar-refractivity contribution in [2.45, 2.75) is 172 Å². The molecule has 0 saturated heterocycles. The Balaban J connectivity index is 11.4. The summed E-state index contributed by atoms with van der Waals surface area (Å²) in [6, 6.07) is 1.40. The zero-order valence-electron chi connectivity index (χ0n) is 86.2. The van der Waals surface area contributed by atoms with Gasteiger partial charge in [0.15, 0.2) is 0 Å². The molecule has 0 rings (SSSR count). The molecule has 0 aliphatic rings. The molecule has 12 amide bonds. The van der Waals surface area contributed by atoms with Gasteiger partial charge in [-0.2, -0.15) is 0 Å². The number of aliphatic hydroxyl groups is 12. The van der Waals surface area contributed by atoms with Crippen LogP contribution >= 0.6 is 0 Å². The van der Waals surface area contributed by atoms with Crippen LogP contribution in [0.3, 0.4) is 0 Å². The fourth-order valence-corrected chi connectivity index (χ4v) is 102. The van der Waals surface area contributed by atoms with Crippen molar-refractivity contribution in [1.82, 2.24) is 63.8 Å². The van der Waals surface area contributed by atoms with Crippen LogP contribution in [0, 0.1) is 0 Å². The zero-order chi connectivity index (χ0) is 107. The number of hydrogen-bond donors (Lipinski definition) is 24. The van der Waals surface area contributed by atoms with E-state index in [4.69, 9.17) is 56.8 Å². The first-order valence-electron chi connectivity index (χ1n) is 51.7. The molecule has 0 saturated carbocycles. The van der Waals surface area contributed by atoms with E-state index < -0.39 is 81.6 Å². The molecule has 0 aromatic rings. The second kappa shape index (κ2) is 98.2. The van der Waals surface area contributed by atoms with E-state index in [1.54, 1.807) is 0 Å². The molecule has 0 fully saturated rings. The Kier molecular flexibility index (Phi) is 95.6. The first-order valence-corrected chi connectivity index (χ1v) is 86.8. The Morgan fingerprint density at radius 3 is 0.317 bits per heavy atom. The van der Waals surface area contributed by atoms with Crippen LogP contribution in [0.15, 0.2) is 0 Å². The van der Waals surface area contributed by atoms with E-state index >= 15 is 0 Å². The Hall–Kier alpha value is -3.91. The summed E-state index contributed by atoms with van der Waals surface area (Å²) >= 11 is -19.0. The molecule has 145 heavy (non-hydrogen) atoms. The van der Waals surface area contributed by atoms with Gasteiger partial charge >= 0.3 is 881 Å². The molecule has 848 valence electrons. The second-order valence-electron chi connectivity index (χ2n) is 35.7. The van der Waals surface area contributed by atoms with Crippen molar-refractivity contribution < 1.29 is 176 Å². The first kappa shape index (κ1) is 141. The summed E-state index contributed by atoms with van der Waals surface area (Å²) in [6.07, 6.45) is -1.18. The molecule has 0 aliphatic heterocycles. The fraction of sp³-hybridized carbons (Fsp3) is 0.870. The van der Waals surface area contributed by atoms with Crippen molar-refractivity contribution >= 4 is 152 Å². The van der Waals surface area contributed by atoms with Crippen molar-refractivity contribution in [1.29, 1.82) is 0 Å². The van der Waals surface area contributed by atoms with E-state index in [0.29, 0.717) is 41.9 Å². The van der Waals surface area contributed by atoms with Gasteiger partial charge in [-0.05, 0) is 0 Å². The second-order valence-corrected chi connectivity index (χ2v) is 97.8. The van der Waals surface area contributed by atoms with Crippen LogP contribution < -0.4 is 63.8 Å². The van der Waals surface area contributed by atoms with Crippen LogP contribution in [0.25, 0.3) is 0 Å². The van der Waals surface area contributed by atoms with Crippen molar-refractivity contribution in [3.05, 3.63) is 0 Å². The molecule has 0 atom stereocenters. The standard InChI is InChI=1S/C8H16Si.12C7H14NO3.4Sn/c1-5-9(6-2,7-3)8-4;12*1-2-7(10)8-3-5-11-6-4-9;;;;/h1-8H2;12*9H,1-6H2,(H,8,10);;;;. The van der Waals surface area contributed by atoms with Gasteiger partial charge in [-0.15, -0.1) is 0 Å². The Morgan fingerprint density at radius 1 is 0.145 bits per heavy atom. The van der Waals surface area contributed by atoms with Crippen LogP contribution in [0.4, 0.5) is 0 Å². The average molecular weight is 2540 g/mol. The van der Waals surface area contributed by atoms with Crippen molar-refractivity contribution in [3.63, 3.8) is 0 Å². The Labute approximate surface area is 873 Å². The normalized spacial score (nSPS) is 11.8. The van der Waals surface area contributed by atoms with Gasteiger partial charge in [-0.1, -0.05) is 0 Å². The van der Waals surface area contributed by atoms with Crippen molar-refractivity contribution in [3.8, 4) is 0 Å². The molecule has 0 unspecified atom stereocenters. The molecule has 53 heteroatoms. The Morgan fingerprint density at radius 2 is 0.234 bits per heavy atom. The van der Waals surface area contributed by atoms with Gasteiger partial charge in [0.1, 0.15) is 0 Å². The number of carbonyl (C=O) groups is 12. The number of carbonyl (C=O) groups excluding carboxylic acids is 12. The van der Waals surface area contributed by atoms with E-state index in [1.807, 2.05) is 0 Å². The summed E-state index contributed by atoms with van der Waals surface area (Å²) in [6.45, 7) is -2.63. The molecule has 0 aromatic heterocycles. The Bertz CT molecular complexity index is 2600. The predicted molar refractivity (Wildman–Crippen MR) is 551 cm³/mol. The van der Waals surface area contributed by atoms with Crippen LogP contribution in [-0.2, 0) is 114 Å². The molecule has 0 aliphatic carbocycles. The summed E-state index contributed by atoms with van der Waals surface area (Å²) in [5.74, 6) is -4.61. The van der Waals surface area contributed by atoms with Crippen LogP contribution in [0.1, 0.15) is 77.0 Å². The monoisotopic (exact) mass is 2540 g/mol. The third kappa shape index (κ3) is 82.4. The fourth-order valence-electron chi connectivity index (χ4n) is 16.6. The molecule has 0 bridgehead atoms. The maximum atomic E-state index is 14.8. The van der Waals surface area contributed by atoms with Gasteiger partial charge in [0.25, 0.3) is 0 Å². The summed E-state index contributed by atoms with van der Waals surface area (Å²) < 4.78 is 71.1. The summed E-state index contributed by atoms with van der Waals surface area (Å²) in [5.41, 5.74) is 0. The molecule has 0 heterocycles. The van der Waals surface area contributed by atoms with Crippen molar-refractivity contribution in [2.75, 3.05) is 316 Å². The molecule has 0 spiro atoms. The number of amides is 12. The van der Waals surface area contributed by atoms with E-state index in [1.165, 1.54) is 0 Å². The SMILES string of the molecule is O=C(C[CH2][Sn]([CH2]CC(=O)NCCOCCO)([CH2]CC(=O)NCCOCCO)[CH2]C[Si](C[CH2][Sn]([CH2]CC(=O)NCCOCCO)([CH2]CC(=O)NCCOCCO)[CH2]CC(=O)NCCOCCO)(C[CH2][Sn]([CH2]CC(=O)NCCOCCO)([CH2]CC(=O)NCCOCCO)[CH2]CC(=O)NCCOCCO)C[CH2][Sn]([CH2]CC(=O)NCCOCCO)([CH2]CC(=O)NCCOCCO)[CH2]CC(=O)NCCOCCO)NCCOCCO. The number of hydrogen-bond acceptors (Lipinski definition) is 36. The summed E-state index contributed by atoms with van der Waals surface area (Å²) in [4.78, 5) is 178. The quantitative estimate of drug-likeness (QED) is 0.0201. The van der Waals surface area contributed by atoms with Crippen LogP contribution in [0.5, 0.6) is 0 Å². The predicted octanol–water partition coefficient (Wildman–Crippen LogP) is -4.59. The first-order chi connectivity index (χ1) is 70.3. The number of nitrogens with one attached hydrogen (secondary N) is 12. The molecule has 0 aromatic carbocycles. The topological polar surface area (TPSA) is 703 Å². The van der Waals surface area contributed by atoms with Gasteiger partial charge in [-0.25, -0.2) is 0 Å².